The number of carbonyl (C=O) groups is 1. The zero-order valence-electron chi connectivity index (χ0n) is 8.27. The van der Waals surface area contributed by atoms with E-state index >= 15 is 0 Å². The lowest BCUT2D eigenvalue weighted by molar-refractivity contribution is -0.159. The van der Waals surface area contributed by atoms with Gasteiger partial charge in [-0.1, -0.05) is 0 Å². The van der Waals surface area contributed by atoms with E-state index in [4.69, 9.17) is 9.47 Å². The van der Waals surface area contributed by atoms with Crippen LogP contribution in [0.25, 0.3) is 0 Å². The summed E-state index contributed by atoms with van der Waals surface area (Å²) in [7, 11) is 0. The molecule has 6 heteroatoms. The predicted octanol–water partition coefficient (Wildman–Crippen LogP) is 1.28. The van der Waals surface area contributed by atoms with Crippen LogP contribution in [-0.4, -0.2) is 29.0 Å². The molecule has 15 heavy (non-hydrogen) atoms. The third-order valence-electron chi connectivity index (χ3n) is 2.17. The number of ether oxygens (including phenoxy) is 2. The number of carbonyl (C=O) groups excluding carboxylic acids is 1. The first-order chi connectivity index (χ1) is 7.24. The van der Waals surface area contributed by atoms with E-state index in [-0.39, 0.29) is 5.97 Å². The number of hydrogen-bond donors (Lipinski definition) is 0. The van der Waals surface area contributed by atoms with E-state index in [1.807, 2.05) is 0 Å². The summed E-state index contributed by atoms with van der Waals surface area (Å²) in [5.41, 5.74) is 0.736. The highest BCUT2D eigenvalue weighted by atomic mass is 79.9. The maximum Gasteiger partial charge on any atom is 0.341 e. The average Bonchev–Trinajstić information content (AvgIpc) is 2.61. The van der Waals surface area contributed by atoms with E-state index < -0.39 is 6.10 Å². The van der Waals surface area contributed by atoms with Gasteiger partial charge in [0.05, 0.1) is 36.1 Å². The second-order valence-electron chi connectivity index (χ2n) is 3.10. The maximum absolute atomic E-state index is 11.6. The number of fused-ring (bicyclic) bond motifs is 1. The third-order valence-corrected chi connectivity index (χ3v) is 2.78. The minimum atomic E-state index is -0.657. The molecule has 1 aromatic rings. The van der Waals surface area contributed by atoms with Crippen LogP contribution in [0.2, 0.25) is 0 Å². The fourth-order valence-corrected chi connectivity index (χ4v) is 2.05. The molecule has 0 aromatic carbocycles. The predicted molar refractivity (Wildman–Crippen MR) is 55.3 cm³/mol. The van der Waals surface area contributed by atoms with Gasteiger partial charge in [-0.25, -0.2) is 4.79 Å². The summed E-state index contributed by atoms with van der Waals surface area (Å²) in [6.45, 7) is 3.26. The van der Waals surface area contributed by atoms with Gasteiger partial charge < -0.3 is 9.47 Å². The quantitative estimate of drug-likeness (QED) is 0.763. The first kappa shape index (κ1) is 10.6. The van der Waals surface area contributed by atoms with Crippen molar-refractivity contribution < 1.29 is 14.3 Å². The Morgan fingerprint density at radius 2 is 2.67 bits per heavy atom. The van der Waals surface area contributed by atoms with Crippen molar-refractivity contribution in [3.63, 3.8) is 0 Å². The van der Waals surface area contributed by atoms with Crippen LogP contribution in [0.3, 0.4) is 0 Å². The molecule has 0 saturated carbocycles. The molecule has 0 bridgehead atoms. The fraction of sp³-hybridized carbons (Fsp3) is 0.556. The first-order valence-corrected chi connectivity index (χ1v) is 5.52. The number of rotatable bonds is 2. The molecule has 2 rings (SSSR count). The van der Waals surface area contributed by atoms with Crippen LogP contribution >= 0.6 is 15.9 Å². The highest BCUT2D eigenvalue weighted by Crippen LogP contribution is 2.29. The largest absolute Gasteiger partial charge is 0.464 e. The van der Waals surface area contributed by atoms with Crippen LogP contribution in [0.15, 0.2) is 10.7 Å². The van der Waals surface area contributed by atoms with Crippen LogP contribution < -0.4 is 0 Å². The van der Waals surface area contributed by atoms with Crippen LogP contribution in [0.5, 0.6) is 0 Å². The molecule has 0 aliphatic carbocycles. The van der Waals surface area contributed by atoms with Gasteiger partial charge in [0, 0.05) is 0 Å². The molecule has 0 radical (unpaired) electrons. The van der Waals surface area contributed by atoms with E-state index in [2.05, 4.69) is 21.0 Å². The van der Waals surface area contributed by atoms with Gasteiger partial charge in [-0.3, -0.25) is 4.68 Å². The highest BCUT2D eigenvalue weighted by molar-refractivity contribution is 9.10. The Labute approximate surface area is 95.5 Å². The van der Waals surface area contributed by atoms with Gasteiger partial charge in [0.15, 0.2) is 6.10 Å². The topological polar surface area (TPSA) is 53.4 Å². The van der Waals surface area contributed by atoms with Gasteiger partial charge in [-0.2, -0.15) is 5.10 Å². The number of esters is 1. The molecule has 1 aromatic heterocycles. The molecular formula is C9H11BrN2O3. The lowest BCUT2D eigenvalue weighted by Crippen LogP contribution is -2.29. The second kappa shape index (κ2) is 4.32. The number of halogens is 1. The molecule has 0 spiro atoms. The Hall–Kier alpha value is -0.880. The van der Waals surface area contributed by atoms with Gasteiger partial charge in [0.1, 0.15) is 0 Å². The van der Waals surface area contributed by atoms with Crippen molar-refractivity contribution >= 4 is 21.9 Å². The summed E-state index contributed by atoms with van der Waals surface area (Å²) < 4.78 is 12.9. The third kappa shape index (κ3) is 1.91. The Kier molecular flexibility index (Phi) is 3.06. The molecule has 2 heterocycles. The van der Waals surface area contributed by atoms with Gasteiger partial charge in [-0.05, 0) is 22.9 Å². The van der Waals surface area contributed by atoms with Crippen molar-refractivity contribution in [1.29, 1.82) is 0 Å². The monoisotopic (exact) mass is 274 g/mol. The Morgan fingerprint density at radius 1 is 1.87 bits per heavy atom. The average molecular weight is 275 g/mol. The minimum absolute atomic E-state index is 0.352. The number of nitrogens with zero attached hydrogens (tertiary/aromatic N) is 2. The normalized spacial score (nSPS) is 19.7. The van der Waals surface area contributed by atoms with E-state index in [1.54, 1.807) is 17.8 Å². The molecule has 0 N–H and O–H groups in total. The number of hydrogen-bond acceptors (Lipinski definition) is 4. The van der Waals surface area contributed by atoms with Crippen molar-refractivity contribution in [2.24, 2.45) is 0 Å². The van der Waals surface area contributed by atoms with Crippen molar-refractivity contribution in [3.05, 3.63) is 16.4 Å². The molecule has 0 amide bonds. The summed E-state index contributed by atoms with van der Waals surface area (Å²) in [5.74, 6) is -0.361. The Bertz CT molecular complexity index is 377. The van der Waals surface area contributed by atoms with Crippen molar-refractivity contribution in [2.75, 3.05) is 13.2 Å². The Morgan fingerprint density at radius 3 is 3.40 bits per heavy atom. The van der Waals surface area contributed by atoms with Crippen molar-refractivity contribution in [3.8, 4) is 0 Å². The van der Waals surface area contributed by atoms with E-state index in [1.165, 1.54) is 0 Å². The molecular weight excluding hydrogens is 264 g/mol. The lowest BCUT2D eigenvalue weighted by atomic mass is 10.2. The van der Waals surface area contributed by atoms with Gasteiger partial charge >= 0.3 is 5.97 Å². The molecule has 0 fully saturated rings. The van der Waals surface area contributed by atoms with Gasteiger partial charge in [0.25, 0.3) is 0 Å². The van der Waals surface area contributed by atoms with Crippen LogP contribution in [0.4, 0.5) is 0 Å². The molecule has 1 aliphatic rings. The molecule has 1 atom stereocenters. The smallest absolute Gasteiger partial charge is 0.341 e. The zero-order chi connectivity index (χ0) is 10.8. The number of aromatic nitrogens is 2. The van der Waals surface area contributed by atoms with Crippen LogP contribution in [-0.2, 0) is 20.8 Å². The molecule has 0 saturated heterocycles. The van der Waals surface area contributed by atoms with Crippen molar-refractivity contribution in [2.45, 2.75) is 19.6 Å². The van der Waals surface area contributed by atoms with Crippen LogP contribution in [0, 0.1) is 0 Å². The van der Waals surface area contributed by atoms with E-state index in [0.29, 0.717) is 19.8 Å². The summed E-state index contributed by atoms with van der Waals surface area (Å²) in [6.07, 6.45) is 1.01. The SMILES string of the molecule is CCOC(=O)C1OCCn2ncc(Br)c21. The molecule has 1 unspecified atom stereocenters. The lowest BCUT2D eigenvalue weighted by Gasteiger charge is -2.23. The van der Waals surface area contributed by atoms with E-state index in [9.17, 15) is 4.79 Å². The molecule has 82 valence electrons. The molecule has 1 aliphatic heterocycles. The first-order valence-electron chi connectivity index (χ1n) is 4.73. The summed E-state index contributed by atoms with van der Waals surface area (Å²) in [4.78, 5) is 11.6. The fourth-order valence-electron chi connectivity index (χ4n) is 1.54. The minimum Gasteiger partial charge on any atom is -0.464 e. The standard InChI is InChI=1S/C9H11BrN2O3/c1-2-14-9(13)8-7-6(10)5-11-12(7)3-4-15-8/h5,8H,2-4H2,1H3. The highest BCUT2D eigenvalue weighted by Gasteiger charge is 2.31. The zero-order valence-corrected chi connectivity index (χ0v) is 9.86. The second-order valence-corrected chi connectivity index (χ2v) is 3.96. The summed E-state index contributed by atoms with van der Waals surface area (Å²) in [5, 5.41) is 4.13. The van der Waals surface area contributed by atoms with Crippen LogP contribution in [0.1, 0.15) is 18.7 Å². The summed E-state index contributed by atoms with van der Waals surface area (Å²) >= 11 is 3.34. The maximum atomic E-state index is 11.6. The van der Waals surface area contributed by atoms with Gasteiger partial charge in [0.2, 0.25) is 0 Å². The van der Waals surface area contributed by atoms with Crippen molar-refractivity contribution in [1.82, 2.24) is 9.78 Å². The Balaban J connectivity index is 2.28. The molecule has 5 nitrogen and oxygen atoms in total. The van der Waals surface area contributed by atoms with Gasteiger partial charge in [-0.15, -0.1) is 0 Å². The summed E-state index contributed by atoms with van der Waals surface area (Å²) in [6, 6.07) is 0. The van der Waals surface area contributed by atoms with E-state index in [0.717, 1.165) is 10.2 Å².